The zero-order chi connectivity index (χ0) is 10.9. The fourth-order valence-electron chi connectivity index (χ4n) is 1.29. The smallest absolute Gasteiger partial charge is 0.298 e. The second-order valence-corrected chi connectivity index (χ2v) is 3.59. The van der Waals surface area contributed by atoms with Crippen molar-refractivity contribution in [2.75, 3.05) is 19.6 Å². The number of alkyl halides is 3. The predicted octanol–water partition coefficient (Wildman–Crippen LogP) is 1.63. The molecule has 0 radical (unpaired) electrons. The first-order chi connectivity index (χ1) is 6.30. The molecular formula is C9H12F3NO. The Morgan fingerprint density at radius 1 is 1.50 bits per heavy atom. The van der Waals surface area contributed by atoms with Gasteiger partial charge in [-0.05, 0) is 6.92 Å². The van der Waals surface area contributed by atoms with Gasteiger partial charge in [-0.3, -0.25) is 9.69 Å². The summed E-state index contributed by atoms with van der Waals surface area (Å²) in [5.74, 6) is -1.40. The molecule has 1 heterocycles. The van der Waals surface area contributed by atoms with Gasteiger partial charge in [0.05, 0.1) is 5.92 Å². The summed E-state index contributed by atoms with van der Waals surface area (Å²) in [7, 11) is 0. The Labute approximate surface area is 80.4 Å². The molecule has 14 heavy (non-hydrogen) atoms. The van der Waals surface area contributed by atoms with Crippen LogP contribution in [0.4, 0.5) is 13.2 Å². The number of hydrogen-bond donors (Lipinski definition) is 0. The number of likely N-dealkylation sites (tertiary alicyclic amines) is 1. The molecule has 0 spiro atoms. The molecule has 0 unspecified atom stereocenters. The Bertz CT molecular complexity index is 253. The molecule has 0 N–H and O–H groups in total. The Morgan fingerprint density at radius 3 is 2.36 bits per heavy atom. The van der Waals surface area contributed by atoms with E-state index in [0.717, 1.165) is 0 Å². The Morgan fingerprint density at radius 2 is 2.00 bits per heavy atom. The van der Waals surface area contributed by atoms with Gasteiger partial charge >= 0.3 is 6.18 Å². The van der Waals surface area contributed by atoms with Crippen LogP contribution >= 0.6 is 0 Å². The van der Waals surface area contributed by atoms with Crippen LogP contribution in [0, 0.1) is 5.92 Å². The number of nitrogens with zero attached hydrogens (tertiary/aromatic N) is 1. The van der Waals surface area contributed by atoms with E-state index in [9.17, 15) is 18.0 Å². The fourth-order valence-corrected chi connectivity index (χ4v) is 1.29. The molecule has 0 aromatic rings. The van der Waals surface area contributed by atoms with Gasteiger partial charge < -0.3 is 0 Å². The van der Waals surface area contributed by atoms with Crippen molar-refractivity contribution in [3.63, 3.8) is 0 Å². The third-order valence-electron chi connectivity index (χ3n) is 2.33. The Balaban J connectivity index is 2.29. The first kappa shape index (κ1) is 11.2. The topological polar surface area (TPSA) is 20.3 Å². The average Bonchev–Trinajstić information content (AvgIpc) is 1.92. The molecule has 0 saturated carbocycles. The molecule has 0 amide bonds. The molecule has 0 aliphatic carbocycles. The summed E-state index contributed by atoms with van der Waals surface area (Å²) in [4.78, 5) is 12.3. The highest BCUT2D eigenvalue weighted by Crippen LogP contribution is 2.33. The highest BCUT2D eigenvalue weighted by Gasteiger charge is 2.46. The second-order valence-electron chi connectivity index (χ2n) is 3.59. The van der Waals surface area contributed by atoms with Crippen molar-refractivity contribution in [2.45, 2.75) is 13.1 Å². The van der Waals surface area contributed by atoms with Crippen molar-refractivity contribution in [1.82, 2.24) is 4.90 Å². The zero-order valence-electron chi connectivity index (χ0n) is 7.90. The Kier molecular flexibility index (Phi) is 2.99. The van der Waals surface area contributed by atoms with E-state index in [2.05, 4.69) is 6.58 Å². The second kappa shape index (κ2) is 3.73. The van der Waals surface area contributed by atoms with Crippen LogP contribution in [0.25, 0.3) is 0 Å². The molecule has 0 atom stereocenters. The number of rotatable bonds is 3. The third-order valence-corrected chi connectivity index (χ3v) is 2.33. The average molecular weight is 207 g/mol. The summed E-state index contributed by atoms with van der Waals surface area (Å²) < 4.78 is 36.2. The molecule has 0 aromatic heterocycles. The van der Waals surface area contributed by atoms with E-state index in [1.54, 1.807) is 4.90 Å². The lowest BCUT2D eigenvalue weighted by molar-refractivity contribution is -0.207. The van der Waals surface area contributed by atoms with Crippen LogP contribution in [0.1, 0.15) is 6.92 Å². The Hall–Kier alpha value is -0.840. The van der Waals surface area contributed by atoms with Crippen molar-refractivity contribution in [3.05, 3.63) is 12.2 Å². The van der Waals surface area contributed by atoms with E-state index in [1.165, 1.54) is 6.92 Å². The monoisotopic (exact) mass is 207 g/mol. The minimum atomic E-state index is -4.10. The van der Waals surface area contributed by atoms with Crippen LogP contribution in [0.3, 0.4) is 0 Å². The van der Waals surface area contributed by atoms with Crippen LogP contribution in [0.5, 0.6) is 0 Å². The lowest BCUT2D eigenvalue weighted by Crippen LogP contribution is -2.53. The molecule has 1 aliphatic heterocycles. The minimum absolute atomic E-state index is 0.0181. The molecule has 0 bridgehead atoms. The molecule has 5 heteroatoms. The standard InChI is InChI=1S/C9H12F3NO/c1-6(7(2)14)3-13-4-8(5-13)9(10,11)12/h8H,1,3-5H2,2H3. The molecule has 80 valence electrons. The van der Waals surface area contributed by atoms with Gasteiger partial charge in [-0.15, -0.1) is 0 Å². The summed E-state index contributed by atoms with van der Waals surface area (Å²) in [6, 6.07) is 0. The van der Waals surface area contributed by atoms with Crippen molar-refractivity contribution >= 4 is 5.78 Å². The van der Waals surface area contributed by atoms with Gasteiger partial charge in [-0.1, -0.05) is 6.58 Å². The number of hydrogen-bond acceptors (Lipinski definition) is 2. The first-order valence-electron chi connectivity index (χ1n) is 4.28. The van der Waals surface area contributed by atoms with Crippen molar-refractivity contribution in [2.24, 2.45) is 5.92 Å². The van der Waals surface area contributed by atoms with E-state index in [0.29, 0.717) is 5.57 Å². The summed E-state index contributed by atoms with van der Waals surface area (Å²) in [5.41, 5.74) is 0.366. The van der Waals surface area contributed by atoms with Crippen molar-refractivity contribution in [1.29, 1.82) is 0 Å². The maximum Gasteiger partial charge on any atom is 0.394 e. The number of carbonyl (C=O) groups excluding carboxylic acids is 1. The number of carbonyl (C=O) groups is 1. The highest BCUT2D eigenvalue weighted by atomic mass is 19.4. The molecule has 1 aliphatic rings. The van der Waals surface area contributed by atoms with Gasteiger partial charge in [0.15, 0.2) is 5.78 Å². The number of halogens is 3. The normalized spacial score (nSPS) is 19.1. The molecule has 0 aromatic carbocycles. The van der Waals surface area contributed by atoms with Gasteiger partial charge in [0.2, 0.25) is 0 Å². The van der Waals surface area contributed by atoms with Crippen molar-refractivity contribution < 1.29 is 18.0 Å². The van der Waals surface area contributed by atoms with Crippen LogP contribution < -0.4 is 0 Å². The maximum absolute atomic E-state index is 12.1. The number of Topliss-reactive ketones (excluding diaryl/α,β-unsaturated/α-hetero) is 1. The quantitative estimate of drug-likeness (QED) is 0.655. The number of ketones is 1. The van der Waals surface area contributed by atoms with Gasteiger partial charge in [0.25, 0.3) is 0 Å². The molecule has 1 fully saturated rings. The fraction of sp³-hybridized carbons (Fsp3) is 0.667. The minimum Gasteiger partial charge on any atom is -0.298 e. The van der Waals surface area contributed by atoms with E-state index in [1.807, 2.05) is 0 Å². The van der Waals surface area contributed by atoms with E-state index < -0.39 is 12.1 Å². The SMILES string of the molecule is C=C(CN1CC(C(F)(F)F)C1)C(C)=O. The molecule has 2 nitrogen and oxygen atoms in total. The van der Waals surface area contributed by atoms with Crippen LogP contribution in [-0.2, 0) is 4.79 Å². The van der Waals surface area contributed by atoms with Gasteiger partial charge in [0.1, 0.15) is 0 Å². The van der Waals surface area contributed by atoms with E-state index in [-0.39, 0.29) is 25.4 Å². The zero-order valence-corrected chi connectivity index (χ0v) is 7.90. The predicted molar refractivity (Wildman–Crippen MR) is 45.8 cm³/mol. The van der Waals surface area contributed by atoms with Gasteiger partial charge in [-0.25, -0.2) is 0 Å². The summed E-state index contributed by atoms with van der Waals surface area (Å²) >= 11 is 0. The van der Waals surface area contributed by atoms with Crippen molar-refractivity contribution in [3.8, 4) is 0 Å². The summed E-state index contributed by atoms with van der Waals surface area (Å²) in [5, 5.41) is 0. The molecule has 1 rings (SSSR count). The van der Waals surface area contributed by atoms with E-state index in [4.69, 9.17) is 0 Å². The van der Waals surface area contributed by atoms with Gasteiger partial charge in [0, 0.05) is 25.2 Å². The summed E-state index contributed by atoms with van der Waals surface area (Å²) in [6.07, 6.45) is -4.10. The van der Waals surface area contributed by atoms with Gasteiger partial charge in [-0.2, -0.15) is 13.2 Å². The highest BCUT2D eigenvalue weighted by molar-refractivity contribution is 5.92. The van der Waals surface area contributed by atoms with Crippen LogP contribution in [0.2, 0.25) is 0 Å². The lowest BCUT2D eigenvalue weighted by atomic mass is 9.98. The largest absolute Gasteiger partial charge is 0.394 e. The molecular weight excluding hydrogens is 195 g/mol. The first-order valence-corrected chi connectivity index (χ1v) is 4.28. The lowest BCUT2D eigenvalue weighted by Gasteiger charge is -2.40. The summed E-state index contributed by atoms with van der Waals surface area (Å²) in [6.45, 7) is 5.07. The molecule has 1 saturated heterocycles. The van der Waals surface area contributed by atoms with E-state index >= 15 is 0 Å². The van der Waals surface area contributed by atoms with Crippen LogP contribution in [0.15, 0.2) is 12.2 Å². The third kappa shape index (κ3) is 2.57. The van der Waals surface area contributed by atoms with Crippen LogP contribution in [-0.4, -0.2) is 36.5 Å². The maximum atomic E-state index is 12.1.